The zero-order chi connectivity index (χ0) is 10.4. The third-order valence-corrected chi connectivity index (χ3v) is 2.60. The van der Waals surface area contributed by atoms with Gasteiger partial charge in [0.1, 0.15) is 0 Å². The summed E-state index contributed by atoms with van der Waals surface area (Å²) in [5, 5.41) is 13.0. The van der Waals surface area contributed by atoms with Crippen LogP contribution in [-0.4, -0.2) is 24.3 Å². The number of piperidine rings is 1. The molecule has 1 rings (SSSR count). The summed E-state index contributed by atoms with van der Waals surface area (Å²) < 4.78 is 0. The number of nitrogens with one attached hydrogen (secondary N) is 1. The molecule has 2 heteroatoms. The molecule has 0 aromatic rings. The lowest BCUT2D eigenvalue weighted by atomic mass is 9.87. The Morgan fingerprint density at radius 1 is 1.57 bits per heavy atom. The van der Waals surface area contributed by atoms with E-state index in [4.69, 9.17) is 0 Å². The second-order valence-electron chi connectivity index (χ2n) is 3.56. The quantitative estimate of drug-likeness (QED) is 0.668. The van der Waals surface area contributed by atoms with Gasteiger partial charge in [-0.25, -0.2) is 0 Å². The molecule has 0 aliphatic carbocycles. The van der Waals surface area contributed by atoms with Gasteiger partial charge in [-0.15, -0.1) is 0 Å². The van der Waals surface area contributed by atoms with E-state index < -0.39 is 0 Å². The first-order valence-corrected chi connectivity index (χ1v) is 5.13. The molecule has 0 radical (unpaired) electrons. The van der Waals surface area contributed by atoms with Crippen molar-refractivity contribution in [3.05, 3.63) is 36.5 Å². The molecule has 1 heterocycles. The van der Waals surface area contributed by atoms with Crippen LogP contribution in [0, 0.1) is 5.92 Å². The molecule has 0 saturated carbocycles. The standard InChI is InChI=1S/C12H19NO/c1-3-5-6-10(4-2)11-7-8-13-9-12(11)14/h3-6,11-14H,2,7-9H2,1H3/b5-3-,10-6+/t11-,12+/m0/s1. The zero-order valence-corrected chi connectivity index (χ0v) is 8.74. The highest BCUT2D eigenvalue weighted by molar-refractivity contribution is 5.26. The van der Waals surface area contributed by atoms with Gasteiger partial charge in [-0.1, -0.05) is 30.9 Å². The van der Waals surface area contributed by atoms with Gasteiger partial charge in [-0.3, -0.25) is 0 Å². The number of hydrogen-bond donors (Lipinski definition) is 2. The molecular formula is C12H19NO. The van der Waals surface area contributed by atoms with Crippen molar-refractivity contribution >= 4 is 0 Å². The second-order valence-corrected chi connectivity index (χ2v) is 3.56. The van der Waals surface area contributed by atoms with Crippen molar-refractivity contribution in [2.75, 3.05) is 13.1 Å². The van der Waals surface area contributed by atoms with Gasteiger partial charge in [0.2, 0.25) is 0 Å². The van der Waals surface area contributed by atoms with Gasteiger partial charge in [-0.05, 0) is 25.5 Å². The van der Waals surface area contributed by atoms with Crippen LogP contribution in [0.15, 0.2) is 36.5 Å². The van der Waals surface area contributed by atoms with Crippen LogP contribution < -0.4 is 5.32 Å². The van der Waals surface area contributed by atoms with E-state index in [2.05, 4.69) is 11.9 Å². The summed E-state index contributed by atoms with van der Waals surface area (Å²) in [4.78, 5) is 0. The summed E-state index contributed by atoms with van der Waals surface area (Å²) in [5.74, 6) is 0.241. The number of aliphatic hydroxyl groups is 1. The third kappa shape index (κ3) is 2.82. The molecule has 0 aromatic heterocycles. The lowest BCUT2D eigenvalue weighted by Gasteiger charge is -2.29. The molecule has 1 aliphatic heterocycles. The average molecular weight is 193 g/mol. The van der Waals surface area contributed by atoms with Crippen LogP contribution in [-0.2, 0) is 0 Å². The summed E-state index contributed by atoms with van der Waals surface area (Å²) in [6.07, 6.45) is 8.56. The third-order valence-electron chi connectivity index (χ3n) is 2.60. The van der Waals surface area contributed by atoms with E-state index in [1.807, 2.05) is 31.2 Å². The number of aliphatic hydroxyl groups excluding tert-OH is 1. The minimum absolute atomic E-state index is 0.241. The molecular weight excluding hydrogens is 174 g/mol. The number of rotatable bonds is 3. The van der Waals surface area contributed by atoms with E-state index in [1.54, 1.807) is 0 Å². The summed E-state index contributed by atoms with van der Waals surface area (Å²) in [7, 11) is 0. The largest absolute Gasteiger partial charge is 0.391 e. The minimum atomic E-state index is -0.279. The summed E-state index contributed by atoms with van der Waals surface area (Å²) in [6.45, 7) is 7.43. The van der Waals surface area contributed by atoms with E-state index in [0.29, 0.717) is 6.54 Å². The van der Waals surface area contributed by atoms with Gasteiger partial charge in [0, 0.05) is 12.5 Å². The Bertz CT molecular complexity index is 243. The predicted octanol–water partition coefficient (Wildman–Crippen LogP) is 1.65. The zero-order valence-electron chi connectivity index (χ0n) is 8.74. The molecule has 0 aromatic carbocycles. The Labute approximate surface area is 86.0 Å². The van der Waals surface area contributed by atoms with Crippen molar-refractivity contribution in [1.29, 1.82) is 0 Å². The Morgan fingerprint density at radius 3 is 2.93 bits per heavy atom. The maximum Gasteiger partial charge on any atom is 0.0733 e. The van der Waals surface area contributed by atoms with Crippen molar-refractivity contribution in [3.63, 3.8) is 0 Å². The van der Waals surface area contributed by atoms with E-state index >= 15 is 0 Å². The number of hydrogen-bond acceptors (Lipinski definition) is 2. The Balaban J connectivity index is 2.71. The van der Waals surface area contributed by atoms with Crippen LogP contribution in [0.1, 0.15) is 13.3 Å². The predicted molar refractivity (Wildman–Crippen MR) is 60.1 cm³/mol. The maximum atomic E-state index is 9.79. The van der Waals surface area contributed by atoms with Gasteiger partial charge in [0.25, 0.3) is 0 Å². The van der Waals surface area contributed by atoms with Crippen LogP contribution in [0.4, 0.5) is 0 Å². The second kappa shape index (κ2) is 5.78. The minimum Gasteiger partial charge on any atom is -0.391 e. The van der Waals surface area contributed by atoms with Crippen LogP contribution in [0.5, 0.6) is 0 Å². The first-order valence-electron chi connectivity index (χ1n) is 5.13. The SMILES string of the molecule is C=C/C(=C\C=C/C)[C@@H]1CCNC[C@H]1O. The van der Waals surface area contributed by atoms with Crippen LogP contribution in [0.2, 0.25) is 0 Å². The van der Waals surface area contributed by atoms with E-state index in [0.717, 1.165) is 18.5 Å². The van der Waals surface area contributed by atoms with Crippen molar-refractivity contribution in [2.24, 2.45) is 5.92 Å². The molecule has 0 spiro atoms. The fraction of sp³-hybridized carbons (Fsp3) is 0.500. The summed E-state index contributed by atoms with van der Waals surface area (Å²) >= 11 is 0. The maximum absolute atomic E-state index is 9.79. The Kier molecular flexibility index (Phi) is 4.63. The van der Waals surface area contributed by atoms with E-state index in [1.165, 1.54) is 0 Å². The fourth-order valence-electron chi connectivity index (χ4n) is 1.78. The highest BCUT2D eigenvalue weighted by Crippen LogP contribution is 2.22. The highest BCUT2D eigenvalue weighted by atomic mass is 16.3. The van der Waals surface area contributed by atoms with Gasteiger partial charge in [0.05, 0.1) is 6.10 Å². The normalized spacial score (nSPS) is 29.4. The highest BCUT2D eigenvalue weighted by Gasteiger charge is 2.24. The first-order chi connectivity index (χ1) is 6.79. The molecule has 0 amide bonds. The van der Waals surface area contributed by atoms with Gasteiger partial charge >= 0.3 is 0 Å². The Hall–Kier alpha value is -0.860. The van der Waals surface area contributed by atoms with Gasteiger partial charge in [0.15, 0.2) is 0 Å². The summed E-state index contributed by atoms with van der Waals surface area (Å²) in [5.41, 5.74) is 1.14. The number of allylic oxidation sites excluding steroid dienone is 4. The molecule has 0 unspecified atom stereocenters. The summed E-state index contributed by atoms with van der Waals surface area (Å²) in [6, 6.07) is 0. The van der Waals surface area contributed by atoms with Crippen molar-refractivity contribution < 1.29 is 5.11 Å². The monoisotopic (exact) mass is 193 g/mol. The van der Waals surface area contributed by atoms with Crippen molar-refractivity contribution in [3.8, 4) is 0 Å². The van der Waals surface area contributed by atoms with Crippen molar-refractivity contribution in [1.82, 2.24) is 5.32 Å². The smallest absolute Gasteiger partial charge is 0.0733 e. The lowest BCUT2D eigenvalue weighted by molar-refractivity contribution is 0.101. The van der Waals surface area contributed by atoms with Crippen LogP contribution in [0.25, 0.3) is 0 Å². The molecule has 1 aliphatic rings. The first kappa shape index (κ1) is 11.2. The molecule has 14 heavy (non-hydrogen) atoms. The van der Waals surface area contributed by atoms with Crippen LogP contribution in [0.3, 0.4) is 0 Å². The number of β-amino-alcohol motifs (C(OH)–C–C–N with tert-alkyl or cyclic N) is 1. The van der Waals surface area contributed by atoms with Gasteiger partial charge in [-0.2, -0.15) is 0 Å². The Morgan fingerprint density at radius 2 is 2.36 bits per heavy atom. The molecule has 0 bridgehead atoms. The fourth-order valence-corrected chi connectivity index (χ4v) is 1.78. The topological polar surface area (TPSA) is 32.3 Å². The van der Waals surface area contributed by atoms with Crippen LogP contribution >= 0.6 is 0 Å². The van der Waals surface area contributed by atoms with Crippen molar-refractivity contribution in [2.45, 2.75) is 19.4 Å². The molecule has 78 valence electrons. The molecule has 1 fully saturated rings. The molecule has 2 nitrogen and oxygen atoms in total. The lowest BCUT2D eigenvalue weighted by Crippen LogP contribution is -2.41. The molecule has 2 atom stereocenters. The molecule has 1 saturated heterocycles. The van der Waals surface area contributed by atoms with Gasteiger partial charge < -0.3 is 10.4 Å². The van der Waals surface area contributed by atoms with E-state index in [9.17, 15) is 5.11 Å². The molecule has 2 N–H and O–H groups in total. The van der Waals surface area contributed by atoms with E-state index in [-0.39, 0.29) is 12.0 Å². The average Bonchev–Trinajstić information content (AvgIpc) is 2.21.